The second-order valence-corrected chi connectivity index (χ2v) is 4.49. The van der Waals surface area contributed by atoms with E-state index < -0.39 is 18.6 Å². The average Bonchev–Trinajstić information content (AvgIpc) is 2.42. The fraction of sp³-hybridized carbons (Fsp3) is 0.889. The monoisotopic (exact) mass is 251 g/mol. The largest absolute Gasteiger partial charge is 0.480 e. The minimum Gasteiger partial charge on any atom is -0.480 e. The quantitative estimate of drug-likeness (QED) is 0.531. The van der Waals surface area contributed by atoms with Gasteiger partial charge in [0.1, 0.15) is 5.54 Å². The van der Waals surface area contributed by atoms with E-state index in [1.165, 1.54) is 0 Å². The number of carboxylic acid groups (broad SMARTS) is 1. The Morgan fingerprint density at radius 1 is 1.56 bits per heavy atom. The summed E-state index contributed by atoms with van der Waals surface area (Å²) in [6.07, 6.45) is 2.11. The third kappa shape index (κ3) is 3.10. The van der Waals surface area contributed by atoms with Crippen LogP contribution in [0.5, 0.6) is 0 Å². The van der Waals surface area contributed by atoms with E-state index in [1.807, 2.05) is 6.92 Å². The van der Waals surface area contributed by atoms with Crippen LogP contribution < -0.4 is 5.73 Å². The molecule has 0 aromatic carbocycles. The second kappa shape index (κ2) is 5.86. The third-order valence-electron chi connectivity index (χ3n) is 3.64. The summed E-state index contributed by atoms with van der Waals surface area (Å²) in [5.74, 6) is -0.899. The van der Waals surface area contributed by atoms with Gasteiger partial charge in [-0.3, -0.25) is 4.79 Å². The van der Waals surface area contributed by atoms with Gasteiger partial charge in [0.05, 0.1) is 0 Å². The maximum absolute atomic E-state index is 11.0. The van der Waals surface area contributed by atoms with E-state index in [4.69, 9.17) is 20.9 Å². The number of aliphatic carboxylic acids is 1. The normalized spacial score (nSPS) is 33.2. The molecule has 0 aliphatic heterocycles. The maximum Gasteiger partial charge on any atom is 0.451 e. The Morgan fingerprint density at radius 2 is 2.12 bits per heavy atom. The zero-order valence-corrected chi connectivity index (χ0v) is 10.1. The number of rotatable bonds is 4. The summed E-state index contributed by atoms with van der Waals surface area (Å²) in [5, 5.41) is 26.5. The molecule has 5 nitrogen and oxygen atoms in total. The standard InChI is InChI=1S/C9H18BNO4.ClH/c1-6-7(3-5-10(14)15)2-4-9(6,11)8(12)13;/h6-7,14-15H,2-5,11H2,1H3,(H,12,13);1H/t6-,7+,9-;/m1./s1. The van der Waals surface area contributed by atoms with Crippen molar-refractivity contribution in [1.29, 1.82) is 0 Å². The van der Waals surface area contributed by atoms with Crippen molar-refractivity contribution < 1.29 is 19.9 Å². The van der Waals surface area contributed by atoms with E-state index in [1.54, 1.807) is 0 Å². The fourth-order valence-corrected chi connectivity index (χ4v) is 2.38. The van der Waals surface area contributed by atoms with Crippen molar-refractivity contribution >= 4 is 25.5 Å². The van der Waals surface area contributed by atoms with Gasteiger partial charge < -0.3 is 20.9 Å². The third-order valence-corrected chi connectivity index (χ3v) is 3.64. The lowest BCUT2D eigenvalue weighted by Gasteiger charge is -2.26. The van der Waals surface area contributed by atoms with Crippen LogP contribution in [0, 0.1) is 11.8 Å². The molecule has 0 bridgehead atoms. The molecule has 0 saturated heterocycles. The molecule has 0 spiro atoms. The topological polar surface area (TPSA) is 104 Å². The summed E-state index contributed by atoms with van der Waals surface area (Å²) in [6, 6.07) is 0. The SMILES string of the molecule is C[C@@H]1[C@H](CCB(O)O)CC[C@]1(N)C(=O)O.Cl. The molecule has 1 aliphatic carbocycles. The van der Waals surface area contributed by atoms with Crippen molar-refractivity contribution in [3.8, 4) is 0 Å². The number of hydrogen-bond donors (Lipinski definition) is 4. The van der Waals surface area contributed by atoms with Gasteiger partial charge in [0.2, 0.25) is 0 Å². The summed E-state index contributed by atoms with van der Waals surface area (Å²) >= 11 is 0. The lowest BCUT2D eigenvalue weighted by Crippen LogP contribution is -2.51. The first-order valence-electron chi connectivity index (χ1n) is 5.26. The molecular weight excluding hydrogens is 232 g/mol. The number of halogens is 1. The highest BCUT2D eigenvalue weighted by atomic mass is 35.5. The van der Waals surface area contributed by atoms with Crippen LogP contribution in [0.1, 0.15) is 26.2 Å². The van der Waals surface area contributed by atoms with Gasteiger partial charge >= 0.3 is 13.1 Å². The van der Waals surface area contributed by atoms with Gasteiger partial charge in [0.15, 0.2) is 0 Å². The molecule has 0 radical (unpaired) electrons. The number of nitrogens with two attached hydrogens (primary N) is 1. The van der Waals surface area contributed by atoms with Crippen molar-refractivity contribution in [1.82, 2.24) is 0 Å². The van der Waals surface area contributed by atoms with Crippen molar-refractivity contribution in [2.24, 2.45) is 17.6 Å². The molecule has 5 N–H and O–H groups in total. The Labute approximate surface area is 102 Å². The number of carboxylic acids is 1. The lowest BCUT2D eigenvalue weighted by atomic mass is 9.76. The predicted octanol–water partition coefficient (Wildman–Crippen LogP) is 0.0993. The Morgan fingerprint density at radius 3 is 2.50 bits per heavy atom. The molecule has 16 heavy (non-hydrogen) atoms. The number of hydrogen-bond acceptors (Lipinski definition) is 4. The van der Waals surface area contributed by atoms with Gasteiger partial charge in [-0.1, -0.05) is 13.3 Å². The Balaban J connectivity index is 0.00000225. The van der Waals surface area contributed by atoms with Gasteiger partial charge in [0, 0.05) is 0 Å². The van der Waals surface area contributed by atoms with Gasteiger partial charge in [0.25, 0.3) is 0 Å². The Bertz CT molecular complexity index is 254. The highest BCUT2D eigenvalue weighted by molar-refractivity contribution is 6.40. The Hall–Kier alpha value is -0.295. The first kappa shape index (κ1) is 15.7. The zero-order valence-electron chi connectivity index (χ0n) is 9.30. The molecular formula is C9H19BClNO4. The fourth-order valence-electron chi connectivity index (χ4n) is 2.38. The van der Waals surface area contributed by atoms with Crippen LogP contribution in [0.2, 0.25) is 6.32 Å². The molecule has 1 fully saturated rings. The minimum atomic E-state index is -1.31. The molecule has 1 rings (SSSR count). The molecule has 1 aliphatic rings. The van der Waals surface area contributed by atoms with Crippen molar-refractivity contribution in [3.05, 3.63) is 0 Å². The lowest BCUT2D eigenvalue weighted by molar-refractivity contribution is -0.144. The maximum atomic E-state index is 11.0. The van der Waals surface area contributed by atoms with Gasteiger partial charge in [-0.05, 0) is 31.0 Å². The molecule has 0 aromatic rings. The van der Waals surface area contributed by atoms with Gasteiger partial charge in [-0.2, -0.15) is 0 Å². The van der Waals surface area contributed by atoms with E-state index in [9.17, 15) is 4.79 Å². The molecule has 1 saturated carbocycles. The molecule has 7 heteroatoms. The zero-order chi connectivity index (χ0) is 11.6. The summed E-state index contributed by atoms with van der Waals surface area (Å²) in [7, 11) is -1.31. The van der Waals surface area contributed by atoms with Gasteiger partial charge in [-0.25, -0.2) is 0 Å². The van der Waals surface area contributed by atoms with Crippen LogP contribution in [0.4, 0.5) is 0 Å². The van der Waals surface area contributed by atoms with Crippen molar-refractivity contribution in [2.45, 2.75) is 38.0 Å². The first-order valence-corrected chi connectivity index (χ1v) is 5.26. The molecule has 94 valence electrons. The van der Waals surface area contributed by atoms with Crippen LogP contribution in [0.25, 0.3) is 0 Å². The van der Waals surface area contributed by atoms with Gasteiger partial charge in [-0.15, -0.1) is 12.4 Å². The molecule has 0 amide bonds. The average molecular weight is 252 g/mol. The van der Waals surface area contributed by atoms with E-state index in [0.717, 1.165) is 6.42 Å². The second-order valence-electron chi connectivity index (χ2n) is 4.49. The molecule has 3 atom stereocenters. The van der Waals surface area contributed by atoms with E-state index in [-0.39, 0.29) is 30.6 Å². The summed E-state index contributed by atoms with van der Waals surface area (Å²) in [5.41, 5.74) is 4.68. The summed E-state index contributed by atoms with van der Waals surface area (Å²) < 4.78 is 0. The van der Waals surface area contributed by atoms with E-state index in [0.29, 0.717) is 12.8 Å². The van der Waals surface area contributed by atoms with Crippen LogP contribution >= 0.6 is 12.4 Å². The highest BCUT2D eigenvalue weighted by Crippen LogP contribution is 2.41. The highest BCUT2D eigenvalue weighted by Gasteiger charge is 2.48. The minimum absolute atomic E-state index is 0. The summed E-state index contributed by atoms with van der Waals surface area (Å²) in [4.78, 5) is 11.0. The van der Waals surface area contributed by atoms with Crippen LogP contribution in [0.3, 0.4) is 0 Å². The van der Waals surface area contributed by atoms with Crippen molar-refractivity contribution in [2.75, 3.05) is 0 Å². The van der Waals surface area contributed by atoms with Crippen LogP contribution in [0.15, 0.2) is 0 Å². The molecule has 0 unspecified atom stereocenters. The molecule has 0 heterocycles. The Kier molecular flexibility index (Phi) is 5.75. The van der Waals surface area contributed by atoms with Crippen LogP contribution in [-0.4, -0.2) is 33.8 Å². The van der Waals surface area contributed by atoms with E-state index in [2.05, 4.69) is 0 Å². The number of carbonyl (C=O) groups is 1. The van der Waals surface area contributed by atoms with E-state index >= 15 is 0 Å². The smallest absolute Gasteiger partial charge is 0.451 e. The predicted molar refractivity (Wildman–Crippen MR) is 63.3 cm³/mol. The molecule has 0 aromatic heterocycles. The summed E-state index contributed by atoms with van der Waals surface area (Å²) in [6.45, 7) is 1.83. The van der Waals surface area contributed by atoms with Crippen molar-refractivity contribution in [3.63, 3.8) is 0 Å². The first-order chi connectivity index (χ1) is 6.88. The van der Waals surface area contributed by atoms with Crippen LogP contribution in [-0.2, 0) is 4.79 Å².